The molecule has 0 aromatic heterocycles. The van der Waals surface area contributed by atoms with E-state index in [0.29, 0.717) is 0 Å². The van der Waals surface area contributed by atoms with Gasteiger partial charge in [-0.05, 0) is 19.8 Å². The van der Waals surface area contributed by atoms with Gasteiger partial charge < -0.3 is 10.4 Å². The lowest BCUT2D eigenvalue weighted by Crippen LogP contribution is -1.88. The van der Waals surface area contributed by atoms with Crippen LogP contribution in [0.1, 0.15) is 39.5 Å². The third kappa shape index (κ3) is 5.34. The van der Waals surface area contributed by atoms with Crippen LogP contribution in [0.25, 0.3) is 0 Å². The summed E-state index contributed by atoms with van der Waals surface area (Å²) < 4.78 is 0. The topological polar surface area (TPSA) is 35.4 Å². The van der Waals surface area contributed by atoms with Gasteiger partial charge >= 0.3 is 0 Å². The fourth-order valence-corrected chi connectivity index (χ4v) is 0.676. The highest BCUT2D eigenvalue weighted by Crippen LogP contribution is 1.99. The highest BCUT2D eigenvalue weighted by atomic mass is 16.4. The van der Waals surface area contributed by atoms with Crippen molar-refractivity contribution in [3.05, 3.63) is 5.21 Å². The summed E-state index contributed by atoms with van der Waals surface area (Å²) in [5.41, 5.74) is 0.725. The second kappa shape index (κ2) is 5.60. The van der Waals surface area contributed by atoms with Crippen LogP contribution in [-0.4, -0.2) is 5.71 Å². The van der Waals surface area contributed by atoms with E-state index in [4.69, 9.17) is 0 Å². The SMILES string of the molecule is CCCCCC(C)=N[O-]. The molecule has 0 aliphatic heterocycles. The maximum atomic E-state index is 9.81. The van der Waals surface area contributed by atoms with Crippen LogP contribution in [0.15, 0.2) is 5.16 Å². The largest absolute Gasteiger partial charge is 0.792 e. The Morgan fingerprint density at radius 1 is 1.44 bits per heavy atom. The zero-order chi connectivity index (χ0) is 7.11. The molecule has 0 unspecified atom stereocenters. The maximum absolute atomic E-state index is 9.81. The van der Waals surface area contributed by atoms with Crippen LogP contribution in [0.3, 0.4) is 0 Å². The molecule has 0 rings (SSSR count). The van der Waals surface area contributed by atoms with Crippen molar-refractivity contribution < 1.29 is 0 Å². The molecule has 0 radical (unpaired) electrons. The van der Waals surface area contributed by atoms with E-state index in [9.17, 15) is 5.21 Å². The average molecular weight is 128 g/mol. The monoisotopic (exact) mass is 128 g/mol. The quantitative estimate of drug-likeness (QED) is 0.325. The van der Waals surface area contributed by atoms with Gasteiger partial charge in [-0.1, -0.05) is 19.8 Å². The first-order chi connectivity index (χ1) is 4.31. The summed E-state index contributed by atoms with van der Waals surface area (Å²) in [6.45, 7) is 3.92. The van der Waals surface area contributed by atoms with E-state index in [0.717, 1.165) is 18.6 Å². The van der Waals surface area contributed by atoms with Crippen molar-refractivity contribution in [2.24, 2.45) is 5.16 Å². The second-order valence-corrected chi connectivity index (χ2v) is 2.28. The van der Waals surface area contributed by atoms with Gasteiger partial charge in [0.15, 0.2) is 0 Å². The Kier molecular flexibility index (Phi) is 5.27. The van der Waals surface area contributed by atoms with Crippen molar-refractivity contribution in [1.29, 1.82) is 0 Å². The van der Waals surface area contributed by atoms with Gasteiger partial charge in [0.1, 0.15) is 0 Å². The van der Waals surface area contributed by atoms with Crippen LogP contribution in [-0.2, 0) is 0 Å². The van der Waals surface area contributed by atoms with Crippen molar-refractivity contribution in [3.8, 4) is 0 Å². The van der Waals surface area contributed by atoms with E-state index in [1.54, 1.807) is 6.92 Å². The van der Waals surface area contributed by atoms with Crippen LogP contribution < -0.4 is 0 Å². The average Bonchev–Trinajstić information content (AvgIpc) is 1.89. The number of rotatable bonds is 4. The molecule has 0 heterocycles. The molecule has 2 nitrogen and oxygen atoms in total. The lowest BCUT2D eigenvalue weighted by molar-refractivity contribution is 0.741. The second-order valence-electron chi connectivity index (χ2n) is 2.28. The Hall–Kier alpha value is -0.530. The van der Waals surface area contributed by atoms with Crippen LogP contribution >= 0.6 is 0 Å². The summed E-state index contributed by atoms with van der Waals surface area (Å²) in [5.74, 6) is 0. The first-order valence-corrected chi connectivity index (χ1v) is 3.47. The number of hydrogen-bond acceptors (Lipinski definition) is 2. The molecule has 0 aromatic rings. The molecule has 9 heavy (non-hydrogen) atoms. The van der Waals surface area contributed by atoms with Crippen molar-refractivity contribution in [2.45, 2.75) is 39.5 Å². The van der Waals surface area contributed by atoms with Gasteiger partial charge in [0.05, 0.1) is 0 Å². The van der Waals surface area contributed by atoms with E-state index in [1.165, 1.54) is 12.8 Å². The van der Waals surface area contributed by atoms with E-state index in [-0.39, 0.29) is 0 Å². The van der Waals surface area contributed by atoms with Crippen molar-refractivity contribution >= 4 is 5.71 Å². The van der Waals surface area contributed by atoms with Gasteiger partial charge in [-0.2, -0.15) is 0 Å². The molecule has 0 amide bonds. The standard InChI is InChI=1S/C7H15NO/c1-3-4-5-6-7(2)8-9/h9H,3-6H2,1-2H3/p-1. The highest BCUT2D eigenvalue weighted by molar-refractivity contribution is 5.81. The van der Waals surface area contributed by atoms with Gasteiger partial charge in [-0.25, -0.2) is 0 Å². The Morgan fingerprint density at radius 3 is 2.56 bits per heavy atom. The number of hydrogen-bond donors (Lipinski definition) is 0. The first-order valence-electron chi connectivity index (χ1n) is 3.47. The predicted molar refractivity (Wildman–Crippen MR) is 40.6 cm³/mol. The molecule has 0 aliphatic rings. The van der Waals surface area contributed by atoms with Crippen molar-refractivity contribution in [3.63, 3.8) is 0 Å². The highest BCUT2D eigenvalue weighted by Gasteiger charge is 1.87. The van der Waals surface area contributed by atoms with E-state index in [1.807, 2.05) is 0 Å². The van der Waals surface area contributed by atoms with Crippen LogP contribution in [0.5, 0.6) is 0 Å². The van der Waals surface area contributed by atoms with E-state index >= 15 is 0 Å². The Labute approximate surface area is 56.6 Å². The molecule has 0 saturated heterocycles. The maximum Gasteiger partial charge on any atom is 0.00376 e. The Morgan fingerprint density at radius 2 is 2.11 bits per heavy atom. The summed E-state index contributed by atoms with van der Waals surface area (Å²) in [5, 5.41) is 12.6. The molecule has 0 atom stereocenters. The molecule has 0 bridgehead atoms. The summed E-state index contributed by atoms with van der Waals surface area (Å²) >= 11 is 0. The molecule has 54 valence electrons. The molecular weight excluding hydrogens is 114 g/mol. The number of unbranched alkanes of at least 4 members (excludes halogenated alkanes) is 2. The summed E-state index contributed by atoms with van der Waals surface area (Å²) in [6.07, 6.45) is 4.38. The fourth-order valence-electron chi connectivity index (χ4n) is 0.676. The van der Waals surface area contributed by atoms with Gasteiger partial charge in [-0.15, -0.1) is 0 Å². The molecule has 2 heteroatoms. The molecule has 0 saturated carbocycles. The molecule has 0 fully saturated rings. The molecule has 0 N–H and O–H groups in total. The van der Waals surface area contributed by atoms with E-state index < -0.39 is 0 Å². The third-order valence-corrected chi connectivity index (χ3v) is 1.30. The van der Waals surface area contributed by atoms with E-state index in [2.05, 4.69) is 12.1 Å². The number of nitrogens with zero attached hydrogens (tertiary/aromatic N) is 1. The third-order valence-electron chi connectivity index (χ3n) is 1.30. The van der Waals surface area contributed by atoms with Crippen LogP contribution in [0.4, 0.5) is 0 Å². The van der Waals surface area contributed by atoms with Crippen LogP contribution in [0, 0.1) is 5.21 Å². The normalized spacial score (nSPS) is 12.0. The summed E-state index contributed by atoms with van der Waals surface area (Å²) in [6, 6.07) is 0. The Bertz CT molecular complexity index is 88.9. The van der Waals surface area contributed by atoms with Crippen molar-refractivity contribution in [2.75, 3.05) is 0 Å². The van der Waals surface area contributed by atoms with Gasteiger partial charge in [0.25, 0.3) is 0 Å². The zero-order valence-electron chi connectivity index (χ0n) is 6.18. The van der Waals surface area contributed by atoms with Gasteiger partial charge in [0, 0.05) is 5.71 Å². The minimum atomic E-state index is 0.725. The molecule has 0 aromatic carbocycles. The lowest BCUT2D eigenvalue weighted by Gasteiger charge is -2.00. The predicted octanol–water partition coefficient (Wildman–Crippen LogP) is 2.53. The lowest BCUT2D eigenvalue weighted by atomic mass is 10.1. The summed E-state index contributed by atoms with van der Waals surface area (Å²) in [7, 11) is 0. The fraction of sp³-hybridized carbons (Fsp3) is 0.857. The first kappa shape index (κ1) is 8.47. The Balaban J connectivity index is 3.07. The molecule has 0 aliphatic carbocycles. The van der Waals surface area contributed by atoms with Crippen LogP contribution in [0.2, 0.25) is 0 Å². The smallest absolute Gasteiger partial charge is 0.00376 e. The molecule has 0 spiro atoms. The van der Waals surface area contributed by atoms with Gasteiger partial charge in [0.2, 0.25) is 0 Å². The summed E-state index contributed by atoms with van der Waals surface area (Å²) in [4.78, 5) is 0. The van der Waals surface area contributed by atoms with Gasteiger partial charge in [-0.3, -0.25) is 0 Å². The minimum absolute atomic E-state index is 0.725. The molecular formula is C7H14NO-. The van der Waals surface area contributed by atoms with Crippen molar-refractivity contribution in [1.82, 2.24) is 0 Å². The zero-order valence-corrected chi connectivity index (χ0v) is 6.18. The minimum Gasteiger partial charge on any atom is -0.792 e.